The lowest BCUT2D eigenvalue weighted by atomic mass is 9.84. The molecule has 2 amide bonds. The Kier molecular flexibility index (Phi) is 6.94. The number of aliphatic hydroxyl groups is 1. The largest absolute Gasteiger partial charge is 0.391 e. The smallest absolute Gasteiger partial charge is 0.315 e. The number of nitrogens with one attached hydrogen (secondary N) is 2. The van der Waals surface area contributed by atoms with E-state index in [1.54, 1.807) is 0 Å². The van der Waals surface area contributed by atoms with Crippen LogP contribution in [-0.2, 0) is 0 Å². The van der Waals surface area contributed by atoms with Crippen molar-refractivity contribution in [1.29, 1.82) is 0 Å². The van der Waals surface area contributed by atoms with E-state index in [0.29, 0.717) is 0 Å². The van der Waals surface area contributed by atoms with Gasteiger partial charge in [-0.05, 0) is 45.3 Å². The molecule has 1 aliphatic carbocycles. The third-order valence-electron chi connectivity index (χ3n) is 4.26. The Bertz CT molecular complexity index is 326. The van der Waals surface area contributed by atoms with E-state index in [4.69, 9.17) is 0 Å². The first kappa shape index (κ1) is 18.2. The summed E-state index contributed by atoms with van der Waals surface area (Å²) >= 11 is 0. The minimum atomic E-state index is -0.403. The normalized spacial score (nSPS) is 24.7. The Morgan fingerprint density at radius 3 is 2.43 bits per heavy atom. The summed E-state index contributed by atoms with van der Waals surface area (Å²) in [6.07, 6.45) is 4.29. The molecule has 1 aliphatic rings. The number of aliphatic hydroxyl groups excluding tert-OH is 1. The van der Waals surface area contributed by atoms with Gasteiger partial charge in [0.25, 0.3) is 0 Å². The molecule has 0 saturated heterocycles. The minimum absolute atomic E-state index is 0.0124. The standard InChI is InChI=1S/C16H33N3O2/c1-16(2,3)14(10-11-19(4)5)18-15(21)17-12-8-6-7-9-13(12)20/h12-14,20H,6-11H2,1-5H3,(H2,17,18,21). The summed E-state index contributed by atoms with van der Waals surface area (Å²) in [5.74, 6) is 0. The van der Waals surface area contributed by atoms with Crippen molar-refractivity contribution in [3.05, 3.63) is 0 Å². The number of carbonyl (C=O) groups excluding carboxylic acids is 1. The first-order valence-corrected chi connectivity index (χ1v) is 8.10. The molecule has 3 atom stereocenters. The molecular formula is C16H33N3O2. The van der Waals surface area contributed by atoms with E-state index in [-0.39, 0.29) is 23.5 Å². The van der Waals surface area contributed by atoms with Crippen LogP contribution < -0.4 is 10.6 Å². The van der Waals surface area contributed by atoms with Crippen molar-refractivity contribution in [2.24, 2.45) is 5.41 Å². The third-order valence-corrected chi connectivity index (χ3v) is 4.26. The van der Waals surface area contributed by atoms with Gasteiger partial charge in [0.05, 0.1) is 12.1 Å². The Balaban J connectivity index is 2.51. The van der Waals surface area contributed by atoms with Gasteiger partial charge in [-0.25, -0.2) is 4.79 Å². The van der Waals surface area contributed by atoms with Crippen LogP contribution in [0.2, 0.25) is 0 Å². The van der Waals surface area contributed by atoms with Crippen molar-refractivity contribution < 1.29 is 9.90 Å². The molecule has 0 aliphatic heterocycles. The molecule has 3 unspecified atom stereocenters. The van der Waals surface area contributed by atoms with Gasteiger partial charge in [0.1, 0.15) is 0 Å². The number of urea groups is 1. The van der Waals surface area contributed by atoms with Crippen molar-refractivity contribution in [3.8, 4) is 0 Å². The number of hydrogen-bond donors (Lipinski definition) is 3. The van der Waals surface area contributed by atoms with Crippen LogP contribution in [0.4, 0.5) is 4.79 Å². The van der Waals surface area contributed by atoms with Crippen LogP contribution in [0.3, 0.4) is 0 Å². The molecule has 1 rings (SSSR count). The fraction of sp³-hybridized carbons (Fsp3) is 0.938. The van der Waals surface area contributed by atoms with Crippen LogP contribution in [0.1, 0.15) is 52.9 Å². The topological polar surface area (TPSA) is 64.6 Å². The molecule has 3 N–H and O–H groups in total. The van der Waals surface area contributed by atoms with Crippen LogP contribution in [0.25, 0.3) is 0 Å². The Hall–Kier alpha value is -0.810. The highest BCUT2D eigenvalue weighted by Crippen LogP contribution is 2.22. The Morgan fingerprint density at radius 2 is 1.90 bits per heavy atom. The predicted octanol–water partition coefficient (Wildman–Crippen LogP) is 1.96. The molecule has 5 nitrogen and oxygen atoms in total. The number of amides is 2. The molecule has 0 aromatic carbocycles. The lowest BCUT2D eigenvalue weighted by Crippen LogP contribution is -2.54. The predicted molar refractivity (Wildman–Crippen MR) is 86.3 cm³/mol. The van der Waals surface area contributed by atoms with Crippen LogP contribution in [0, 0.1) is 5.41 Å². The van der Waals surface area contributed by atoms with Crippen LogP contribution >= 0.6 is 0 Å². The molecule has 124 valence electrons. The van der Waals surface area contributed by atoms with Gasteiger partial charge in [-0.1, -0.05) is 33.6 Å². The zero-order chi connectivity index (χ0) is 16.0. The van der Waals surface area contributed by atoms with E-state index in [9.17, 15) is 9.90 Å². The van der Waals surface area contributed by atoms with E-state index >= 15 is 0 Å². The summed E-state index contributed by atoms with van der Waals surface area (Å²) in [5.41, 5.74) is 0.0124. The summed E-state index contributed by atoms with van der Waals surface area (Å²) in [6, 6.07) is -0.145. The summed E-state index contributed by atoms with van der Waals surface area (Å²) in [7, 11) is 4.08. The van der Waals surface area contributed by atoms with Gasteiger partial charge in [0, 0.05) is 6.04 Å². The second-order valence-corrected chi connectivity index (χ2v) is 7.59. The highest BCUT2D eigenvalue weighted by atomic mass is 16.3. The van der Waals surface area contributed by atoms with Crippen molar-refractivity contribution in [3.63, 3.8) is 0 Å². The van der Waals surface area contributed by atoms with E-state index in [2.05, 4.69) is 36.3 Å². The lowest BCUT2D eigenvalue weighted by molar-refractivity contribution is 0.0931. The number of rotatable bonds is 5. The zero-order valence-electron chi connectivity index (χ0n) is 14.3. The van der Waals surface area contributed by atoms with Crippen molar-refractivity contribution >= 4 is 6.03 Å². The van der Waals surface area contributed by atoms with Crippen molar-refractivity contribution in [1.82, 2.24) is 15.5 Å². The maximum atomic E-state index is 12.2. The SMILES string of the molecule is CN(C)CCC(NC(=O)NC1CCCCC1O)C(C)(C)C. The Labute approximate surface area is 129 Å². The van der Waals surface area contributed by atoms with Gasteiger partial charge in [0.2, 0.25) is 0 Å². The van der Waals surface area contributed by atoms with E-state index in [1.165, 1.54) is 0 Å². The number of hydrogen-bond acceptors (Lipinski definition) is 3. The molecule has 1 fully saturated rings. The lowest BCUT2D eigenvalue weighted by Gasteiger charge is -2.34. The van der Waals surface area contributed by atoms with Crippen LogP contribution in [0.5, 0.6) is 0 Å². The number of nitrogens with zero attached hydrogens (tertiary/aromatic N) is 1. The van der Waals surface area contributed by atoms with Gasteiger partial charge in [-0.15, -0.1) is 0 Å². The molecule has 0 bridgehead atoms. The van der Waals surface area contributed by atoms with Crippen LogP contribution in [-0.4, -0.2) is 54.9 Å². The molecule has 0 aromatic heterocycles. The molecular weight excluding hydrogens is 266 g/mol. The maximum Gasteiger partial charge on any atom is 0.315 e. The minimum Gasteiger partial charge on any atom is -0.391 e. The fourth-order valence-electron chi connectivity index (χ4n) is 2.76. The highest BCUT2D eigenvalue weighted by Gasteiger charge is 2.29. The van der Waals surface area contributed by atoms with Crippen molar-refractivity contribution in [2.75, 3.05) is 20.6 Å². The second-order valence-electron chi connectivity index (χ2n) is 7.59. The monoisotopic (exact) mass is 299 g/mol. The van der Waals surface area contributed by atoms with Gasteiger partial charge in [-0.3, -0.25) is 0 Å². The van der Waals surface area contributed by atoms with E-state index in [1.807, 2.05) is 14.1 Å². The summed E-state index contributed by atoms with van der Waals surface area (Å²) in [5, 5.41) is 16.0. The van der Waals surface area contributed by atoms with Crippen LogP contribution in [0.15, 0.2) is 0 Å². The molecule has 1 saturated carbocycles. The molecule has 0 aromatic rings. The second kappa shape index (κ2) is 7.99. The van der Waals surface area contributed by atoms with E-state index in [0.717, 1.165) is 38.6 Å². The average molecular weight is 299 g/mol. The summed E-state index contributed by atoms with van der Waals surface area (Å²) < 4.78 is 0. The van der Waals surface area contributed by atoms with Gasteiger partial charge in [0.15, 0.2) is 0 Å². The number of carbonyl (C=O) groups is 1. The molecule has 5 heteroatoms. The first-order valence-electron chi connectivity index (χ1n) is 8.10. The highest BCUT2D eigenvalue weighted by molar-refractivity contribution is 5.74. The van der Waals surface area contributed by atoms with Crippen molar-refractivity contribution in [2.45, 2.75) is 71.1 Å². The average Bonchev–Trinajstić information content (AvgIpc) is 2.35. The fourth-order valence-corrected chi connectivity index (χ4v) is 2.76. The van der Waals surface area contributed by atoms with Gasteiger partial charge >= 0.3 is 6.03 Å². The molecule has 21 heavy (non-hydrogen) atoms. The van der Waals surface area contributed by atoms with Gasteiger partial charge in [-0.2, -0.15) is 0 Å². The maximum absolute atomic E-state index is 12.2. The van der Waals surface area contributed by atoms with E-state index < -0.39 is 6.10 Å². The van der Waals surface area contributed by atoms with Gasteiger partial charge < -0.3 is 20.6 Å². The summed E-state index contributed by atoms with van der Waals surface area (Å²) in [4.78, 5) is 14.3. The quantitative estimate of drug-likeness (QED) is 0.727. The molecule has 0 radical (unpaired) electrons. The Morgan fingerprint density at radius 1 is 1.29 bits per heavy atom. The zero-order valence-corrected chi connectivity index (χ0v) is 14.3. The summed E-state index contributed by atoms with van der Waals surface area (Å²) in [6.45, 7) is 7.36. The first-order chi connectivity index (χ1) is 9.70. The molecule has 0 spiro atoms. The molecule has 0 heterocycles. The third kappa shape index (κ3) is 6.66.